The molecule has 0 aliphatic heterocycles. The Balaban J connectivity index is 2.13. The molecule has 0 aliphatic carbocycles. The highest BCUT2D eigenvalue weighted by molar-refractivity contribution is 9.10. The number of carboxylic acid groups (broad SMARTS) is 1. The summed E-state index contributed by atoms with van der Waals surface area (Å²) in [6.45, 7) is 0. The number of benzene rings is 2. The van der Waals surface area contributed by atoms with Crippen LogP contribution in [0.25, 0.3) is 0 Å². The molecule has 1 N–H and O–H groups in total. The number of carbonyl (C=O) groups is 1. The second-order valence-corrected chi connectivity index (χ2v) is 6.55. The van der Waals surface area contributed by atoms with E-state index in [1.54, 1.807) is 12.1 Å². The molecule has 0 heterocycles. The highest BCUT2D eigenvalue weighted by Crippen LogP contribution is 2.25. The van der Waals surface area contributed by atoms with Gasteiger partial charge in [-0.25, -0.2) is 0 Å². The van der Waals surface area contributed by atoms with Gasteiger partial charge >= 0.3 is 5.97 Å². The van der Waals surface area contributed by atoms with Crippen LogP contribution in [0.3, 0.4) is 0 Å². The summed E-state index contributed by atoms with van der Waals surface area (Å²) in [6, 6.07) is 12.9. The molecule has 0 amide bonds. The number of carboxylic acids is 1. The van der Waals surface area contributed by atoms with E-state index in [0.29, 0.717) is 22.9 Å². The summed E-state index contributed by atoms with van der Waals surface area (Å²) in [7, 11) is 0. The lowest BCUT2D eigenvalue weighted by Gasteiger charge is -2.13. The largest absolute Gasteiger partial charge is 0.481 e. The zero-order chi connectivity index (χ0) is 15.4. The Hall–Kier alpha value is -1.03. The van der Waals surface area contributed by atoms with Crippen LogP contribution >= 0.6 is 39.1 Å². The van der Waals surface area contributed by atoms with Crippen molar-refractivity contribution in [2.45, 2.75) is 12.8 Å². The molecule has 0 aliphatic rings. The Labute approximate surface area is 141 Å². The van der Waals surface area contributed by atoms with Crippen LogP contribution < -0.4 is 0 Å². The standard InChI is InChI=1S/C16H13BrCl2O2/c17-13-4-1-10(2-5-13)7-12(16(20)21)8-11-3-6-14(18)15(19)9-11/h1-6,9,12H,7-8H2,(H,20,21). The fraction of sp³-hybridized carbons (Fsp3) is 0.188. The van der Waals surface area contributed by atoms with Crippen LogP contribution in [0.4, 0.5) is 0 Å². The van der Waals surface area contributed by atoms with Crippen molar-refractivity contribution < 1.29 is 9.90 Å². The smallest absolute Gasteiger partial charge is 0.307 e. The van der Waals surface area contributed by atoms with Crippen molar-refractivity contribution in [2.24, 2.45) is 5.92 Å². The average Bonchev–Trinajstić information content (AvgIpc) is 2.44. The zero-order valence-corrected chi connectivity index (χ0v) is 14.1. The Morgan fingerprint density at radius 3 is 2.14 bits per heavy atom. The maximum absolute atomic E-state index is 11.5. The van der Waals surface area contributed by atoms with E-state index in [0.717, 1.165) is 15.6 Å². The predicted octanol–water partition coefficient (Wildman–Crippen LogP) is 5.24. The van der Waals surface area contributed by atoms with E-state index in [1.165, 1.54) is 0 Å². The summed E-state index contributed by atoms with van der Waals surface area (Å²) in [5.74, 6) is -1.31. The van der Waals surface area contributed by atoms with Gasteiger partial charge in [-0.2, -0.15) is 0 Å². The molecule has 110 valence electrons. The number of hydrogen-bond donors (Lipinski definition) is 1. The van der Waals surface area contributed by atoms with E-state index in [2.05, 4.69) is 15.9 Å². The van der Waals surface area contributed by atoms with Crippen molar-refractivity contribution in [1.29, 1.82) is 0 Å². The molecule has 2 nitrogen and oxygen atoms in total. The van der Waals surface area contributed by atoms with Crippen molar-refractivity contribution in [2.75, 3.05) is 0 Å². The van der Waals surface area contributed by atoms with Gasteiger partial charge in [-0.05, 0) is 48.2 Å². The molecule has 0 saturated carbocycles. The first-order valence-corrected chi connectivity index (χ1v) is 7.92. The Morgan fingerprint density at radius 1 is 1.00 bits per heavy atom. The van der Waals surface area contributed by atoms with Gasteiger partial charge in [0.25, 0.3) is 0 Å². The number of aliphatic carboxylic acids is 1. The highest BCUT2D eigenvalue weighted by atomic mass is 79.9. The Morgan fingerprint density at radius 2 is 1.57 bits per heavy atom. The molecule has 1 unspecified atom stereocenters. The molecule has 0 saturated heterocycles. The van der Waals surface area contributed by atoms with Crippen molar-refractivity contribution in [3.8, 4) is 0 Å². The molecule has 2 aromatic carbocycles. The first-order chi connectivity index (χ1) is 9.95. The Kier molecular flexibility index (Phi) is 5.68. The molecule has 5 heteroatoms. The monoisotopic (exact) mass is 386 g/mol. The van der Waals surface area contributed by atoms with Crippen LogP contribution in [-0.2, 0) is 17.6 Å². The highest BCUT2D eigenvalue weighted by Gasteiger charge is 2.19. The van der Waals surface area contributed by atoms with Crippen molar-refractivity contribution >= 4 is 45.1 Å². The molecule has 2 rings (SSSR count). The second kappa shape index (κ2) is 7.30. The van der Waals surface area contributed by atoms with Gasteiger partial charge in [0.15, 0.2) is 0 Å². The first kappa shape index (κ1) is 16.3. The fourth-order valence-corrected chi connectivity index (χ4v) is 2.69. The Bertz CT molecular complexity index is 641. The third-order valence-corrected chi connectivity index (χ3v) is 4.48. The molecule has 2 aromatic rings. The van der Waals surface area contributed by atoms with Crippen LogP contribution in [-0.4, -0.2) is 11.1 Å². The van der Waals surface area contributed by atoms with Crippen molar-refractivity contribution in [1.82, 2.24) is 0 Å². The lowest BCUT2D eigenvalue weighted by Crippen LogP contribution is -2.19. The van der Waals surface area contributed by atoms with E-state index in [9.17, 15) is 9.90 Å². The van der Waals surface area contributed by atoms with Crippen LogP contribution in [0.15, 0.2) is 46.9 Å². The van der Waals surface area contributed by atoms with Crippen LogP contribution in [0.2, 0.25) is 10.0 Å². The molecule has 1 atom stereocenters. The minimum Gasteiger partial charge on any atom is -0.481 e. The van der Waals surface area contributed by atoms with Gasteiger partial charge in [0, 0.05) is 4.47 Å². The van der Waals surface area contributed by atoms with Gasteiger partial charge in [0.2, 0.25) is 0 Å². The van der Waals surface area contributed by atoms with E-state index in [4.69, 9.17) is 23.2 Å². The molecule has 21 heavy (non-hydrogen) atoms. The predicted molar refractivity (Wildman–Crippen MR) is 89.1 cm³/mol. The first-order valence-electron chi connectivity index (χ1n) is 6.37. The van der Waals surface area contributed by atoms with Crippen LogP contribution in [0.1, 0.15) is 11.1 Å². The molecule has 0 spiro atoms. The van der Waals surface area contributed by atoms with E-state index >= 15 is 0 Å². The summed E-state index contributed by atoms with van der Waals surface area (Å²) >= 11 is 15.2. The molecule has 0 aromatic heterocycles. The van der Waals surface area contributed by atoms with Gasteiger partial charge < -0.3 is 5.11 Å². The van der Waals surface area contributed by atoms with Gasteiger partial charge in [-0.1, -0.05) is 57.3 Å². The van der Waals surface area contributed by atoms with Gasteiger partial charge in [-0.15, -0.1) is 0 Å². The lowest BCUT2D eigenvalue weighted by molar-refractivity contribution is -0.141. The fourth-order valence-electron chi connectivity index (χ4n) is 2.10. The van der Waals surface area contributed by atoms with E-state index in [1.807, 2.05) is 30.3 Å². The average molecular weight is 388 g/mol. The number of rotatable bonds is 5. The van der Waals surface area contributed by atoms with Crippen LogP contribution in [0.5, 0.6) is 0 Å². The number of hydrogen-bond acceptors (Lipinski definition) is 1. The zero-order valence-electron chi connectivity index (χ0n) is 11.0. The maximum atomic E-state index is 11.5. The molecule has 0 bridgehead atoms. The molecular weight excluding hydrogens is 375 g/mol. The van der Waals surface area contributed by atoms with Gasteiger partial charge in [0.1, 0.15) is 0 Å². The SMILES string of the molecule is O=C(O)C(Cc1ccc(Br)cc1)Cc1ccc(Cl)c(Cl)c1. The normalized spacial score (nSPS) is 12.1. The summed E-state index contributed by atoms with van der Waals surface area (Å²) < 4.78 is 0.975. The third kappa shape index (κ3) is 4.73. The minimum absolute atomic E-state index is 0.419. The number of halogens is 3. The molecule has 0 radical (unpaired) electrons. The quantitative estimate of drug-likeness (QED) is 0.761. The molecule has 0 fully saturated rings. The van der Waals surface area contributed by atoms with Crippen LogP contribution in [0, 0.1) is 5.92 Å². The topological polar surface area (TPSA) is 37.3 Å². The van der Waals surface area contributed by atoms with Crippen molar-refractivity contribution in [3.05, 3.63) is 68.1 Å². The summed E-state index contributed by atoms with van der Waals surface area (Å²) in [4.78, 5) is 11.5. The van der Waals surface area contributed by atoms with E-state index in [-0.39, 0.29) is 0 Å². The lowest BCUT2D eigenvalue weighted by atomic mass is 9.93. The maximum Gasteiger partial charge on any atom is 0.307 e. The summed E-state index contributed by atoms with van der Waals surface area (Å²) in [5, 5.41) is 10.3. The third-order valence-electron chi connectivity index (χ3n) is 3.21. The summed E-state index contributed by atoms with van der Waals surface area (Å²) in [6.07, 6.45) is 0.894. The second-order valence-electron chi connectivity index (χ2n) is 4.82. The summed E-state index contributed by atoms with van der Waals surface area (Å²) in [5.41, 5.74) is 1.86. The minimum atomic E-state index is -0.816. The van der Waals surface area contributed by atoms with Gasteiger partial charge in [-0.3, -0.25) is 4.79 Å². The van der Waals surface area contributed by atoms with Crippen molar-refractivity contribution in [3.63, 3.8) is 0 Å². The molecular formula is C16H13BrCl2O2. The van der Waals surface area contributed by atoms with Gasteiger partial charge in [0.05, 0.1) is 16.0 Å². The van der Waals surface area contributed by atoms with E-state index < -0.39 is 11.9 Å².